The molecule has 4 atom stereocenters. The number of halogens is 1. The van der Waals surface area contributed by atoms with E-state index in [0.29, 0.717) is 22.4 Å². The first-order valence-electron chi connectivity index (χ1n) is 13.3. The number of amides is 1. The van der Waals surface area contributed by atoms with E-state index < -0.39 is 63.9 Å². The van der Waals surface area contributed by atoms with Crippen molar-refractivity contribution in [2.75, 3.05) is 33.1 Å². The van der Waals surface area contributed by atoms with Crippen LogP contribution in [0.4, 0.5) is 10.1 Å². The van der Waals surface area contributed by atoms with Gasteiger partial charge in [-0.1, -0.05) is 24.3 Å². The van der Waals surface area contributed by atoms with Gasteiger partial charge in [-0.25, -0.2) is 4.39 Å². The highest BCUT2D eigenvalue weighted by Gasteiger charge is 2.64. The van der Waals surface area contributed by atoms with Gasteiger partial charge in [0.1, 0.15) is 28.7 Å². The van der Waals surface area contributed by atoms with Gasteiger partial charge in [-0.2, -0.15) is 0 Å². The number of carbonyl (C=O) groups is 3. The van der Waals surface area contributed by atoms with Crippen LogP contribution in [0.2, 0.25) is 0 Å². The summed E-state index contributed by atoms with van der Waals surface area (Å²) in [5, 5.41) is 45.7. The van der Waals surface area contributed by atoms with Crippen molar-refractivity contribution < 1.29 is 39.2 Å². The van der Waals surface area contributed by atoms with E-state index in [0.717, 1.165) is 0 Å². The van der Waals surface area contributed by atoms with Crippen LogP contribution < -0.4 is 10.6 Å². The molecule has 0 aliphatic heterocycles. The number of carbonyl (C=O) groups excluding carboxylic acids is 3. The summed E-state index contributed by atoms with van der Waals surface area (Å²) < 4.78 is 13.3. The number of phenols is 1. The van der Waals surface area contributed by atoms with Crippen LogP contribution in [0.5, 0.6) is 5.75 Å². The average molecular weight is 578 g/mol. The first-order chi connectivity index (χ1) is 19.7. The molecule has 5 rings (SSSR count). The topological polar surface area (TPSA) is 165 Å². The lowest BCUT2D eigenvalue weighted by Gasteiger charge is -2.50. The van der Waals surface area contributed by atoms with Gasteiger partial charge in [-0.15, -0.1) is 0 Å². The lowest BCUT2D eigenvalue weighted by Crippen LogP contribution is -2.65. The Balaban J connectivity index is 1.70. The molecule has 6 N–H and O–H groups in total. The summed E-state index contributed by atoms with van der Waals surface area (Å²) in [5.74, 6) is -7.39. The second-order valence-electron chi connectivity index (χ2n) is 11.4. The fourth-order valence-electron chi connectivity index (χ4n) is 6.60. The van der Waals surface area contributed by atoms with Crippen LogP contribution in [-0.4, -0.2) is 82.6 Å². The fourth-order valence-corrected chi connectivity index (χ4v) is 6.60. The molecule has 10 nitrogen and oxygen atoms in total. The first-order valence-corrected chi connectivity index (χ1v) is 13.3. The molecule has 3 aliphatic carbocycles. The zero-order chi connectivity index (χ0) is 30.8. The predicted octanol–water partition coefficient (Wildman–Crippen LogP) is 2.34. The Kier molecular flexibility index (Phi) is 6.99. The van der Waals surface area contributed by atoms with Gasteiger partial charge < -0.3 is 31.1 Å². The number of aromatic hydroxyl groups is 1. The van der Waals surface area contributed by atoms with E-state index in [4.69, 9.17) is 5.73 Å². The molecule has 1 fully saturated rings. The highest BCUT2D eigenvalue weighted by molar-refractivity contribution is 6.24. The summed E-state index contributed by atoms with van der Waals surface area (Å²) in [6, 6.07) is 6.30. The molecule has 1 amide bonds. The Labute approximate surface area is 241 Å². The number of Topliss-reactive ketones (excluding diaryl/α,β-unsaturated/α-hetero) is 2. The molecule has 0 heterocycles. The molecule has 0 spiro atoms. The molecule has 0 aromatic heterocycles. The van der Waals surface area contributed by atoms with Gasteiger partial charge >= 0.3 is 0 Å². The van der Waals surface area contributed by atoms with Gasteiger partial charge in [-0.05, 0) is 62.2 Å². The van der Waals surface area contributed by atoms with Crippen molar-refractivity contribution in [2.24, 2.45) is 17.6 Å². The standard InChI is InChI=1S/C31H32FN3O7/c1-34(2)20-13-15(8-5-14-6-9-17(32)10-7-14)25(36)22-18(20)11-16-12-19-24(35(3)4)27(38)23(30(33)41)29(40)31(19,42)28(39)21(16)26(22)37/h5-10,13,16,19,24,36-37,40,42H,11-12H2,1-4H3,(H2,33,41)/b8-5+/t16-,19-,24-,31+/m1/s1. The normalized spacial score (nSPS) is 25.5. The van der Waals surface area contributed by atoms with E-state index in [9.17, 15) is 39.2 Å². The fraction of sp³-hybridized carbons (Fsp3) is 0.323. The smallest absolute Gasteiger partial charge is 0.255 e. The summed E-state index contributed by atoms with van der Waals surface area (Å²) in [6.07, 6.45) is 3.43. The Morgan fingerprint density at radius 1 is 1.07 bits per heavy atom. The quantitative estimate of drug-likeness (QED) is 0.265. The number of hydrogen-bond donors (Lipinski definition) is 5. The number of aliphatic hydroxyl groups is 3. The van der Waals surface area contributed by atoms with Gasteiger partial charge in [0.2, 0.25) is 5.78 Å². The van der Waals surface area contributed by atoms with Crippen LogP contribution >= 0.6 is 0 Å². The summed E-state index contributed by atoms with van der Waals surface area (Å²) in [6.45, 7) is 0. The van der Waals surface area contributed by atoms with Crippen molar-refractivity contribution >= 4 is 41.1 Å². The van der Waals surface area contributed by atoms with Crippen molar-refractivity contribution in [2.45, 2.75) is 24.5 Å². The summed E-state index contributed by atoms with van der Waals surface area (Å²) in [7, 11) is 6.68. The zero-order valence-corrected chi connectivity index (χ0v) is 23.6. The predicted molar refractivity (Wildman–Crippen MR) is 154 cm³/mol. The maximum Gasteiger partial charge on any atom is 0.255 e. The maximum absolute atomic E-state index is 14.1. The number of rotatable bonds is 5. The summed E-state index contributed by atoms with van der Waals surface area (Å²) in [5.41, 5.74) is 3.77. The average Bonchev–Trinajstić information content (AvgIpc) is 2.90. The van der Waals surface area contributed by atoms with Crippen molar-refractivity contribution in [3.05, 3.63) is 75.3 Å². The summed E-state index contributed by atoms with van der Waals surface area (Å²) >= 11 is 0. The number of phenolic OH excluding ortho intramolecular Hbond substituents is 1. The zero-order valence-electron chi connectivity index (χ0n) is 23.6. The number of hydrogen-bond acceptors (Lipinski definition) is 9. The van der Waals surface area contributed by atoms with Crippen molar-refractivity contribution in [3.8, 4) is 5.75 Å². The Morgan fingerprint density at radius 2 is 1.71 bits per heavy atom. The van der Waals surface area contributed by atoms with E-state index in [-0.39, 0.29) is 29.7 Å². The third-order valence-corrected chi connectivity index (χ3v) is 8.53. The molecule has 1 saturated carbocycles. The van der Waals surface area contributed by atoms with E-state index in [1.54, 1.807) is 63.4 Å². The number of nitrogens with zero attached hydrogens (tertiary/aromatic N) is 2. The van der Waals surface area contributed by atoms with Crippen LogP contribution in [0.25, 0.3) is 17.9 Å². The number of ketones is 2. The Hall–Kier alpha value is -4.48. The number of primary amides is 1. The number of benzene rings is 2. The Bertz CT molecular complexity index is 1620. The van der Waals surface area contributed by atoms with Crippen LogP contribution in [0.3, 0.4) is 0 Å². The Morgan fingerprint density at radius 3 is 2.29 bits per heavy atom. The number of anilines is 1. The minimum Gasteiger partial charge on any atom is -0.508 e. The van der Waals surface area contributed by atoms with Crippen molar-refractivity contribution in [1.82, 2.24) is 4.90 Å². The van der Waals surface area contributed by atoms with Gasteiger partial charge in [0.05, 0.1) is 11.6 Å². The highest BCUT2D eigenvalue weighted by atomic mass is 19.1. The molecule has 0 bridgehead atoms. The van der Waals surface area contributed by atoms with Crippen molar-refractivity contribution in [1.29, 1.82) is 0 Å². The molecule has 220 valence electrons. The number of likely N-dealkylation sites (N-methyl/N-ethyl adjacent to an activating group) is 1. The first kappa shape index (κ1) is 29.0. The van der Waals surface area contributed by atoms with Crippen LogP contribution in [-0.2, 0) is 20.8 Å². The minimum absolute atomic E-state index is 0.00348. The largest absolute Gasteiger partial charge is 0.508 e. The lowest BCUT2D eigenvalue weighted by molar-refractivity contribution is -0.153. The van der Waals surface area contributed by atoms with Gasteiger partial charge in [0.25, 0.3) is 5.91 Å². The second-order valence-corrected chi connectivity index (χ2v) is 11.4. The van der Waals surface area contributed by atoms with Crippen LogP contribution in [0.1, 0.15) is 28.7 Å². The van der Waals surface area contributed by atoms with Gasteiger partial charge in [-0.3, -0.25) is 19.3 Å². The molecular weight excluding hydrogens is 545 g/mol. The maximum atomic E-state index is 14.1. The molecule has 0 unspecified atom stereocenters. The molecular formula is C31H32FN3O7. The number of fused-ring (bicyclic) bond motifs is 3. The molecule has 42 heavy (non-hydrogen) atoms. The van der Waals surface area contributed by atoms with E-state index in [1.807, 2.05) is 0 Å². The molecule has 0 radical (unpaired) electrons. The SMILES string of the molecule is CN(C)c1cc(/C=C/c2ccc(F)cc2)c(O)c2c1C[C@@H]1C[C@@H]3[C@@H](N(C)C)C(=O)C(C(N)=O)=C(O)[C@@]3(O)C(=O)C1=C2O. The third-order valence-electron chi connectivity index (χ3n) is 8.53. The third kappa shape index (κ3) is 4.19. The monoisotopic (exact) mass is 577 g/mol. The van der Waals surface area contributed by atoms with Crippen LogP contribution in [0.15, 0.2) is 47.2 Å². The van der Waals surface area contributed by atoms with E-state index in [1.165, 1.54) is 17.0 Å². The molecule has 11 heteroatoms. The minimum atomic E-state index is -2.70. The van der Waals surface area contributed by atoms with Gasteiger partial charge in [0.15, 0.2) is 11.4 Å². The number of aliphatic hydroxyl groups excluding tert-OH is 2. The lowest BCUT2D eigenvalue weighted by atomic mass is 9.57. The summed E-state index contributed by atoms with van der Waals surface area (Å²) in [4.78, 5) is 42.7. The molecule has 2 aromatic carbocycles. The molecule has 3 aliphatic rings. The number of nitrogens with two attached hydrogens (primary N) is 1. The second kappa shape index (κ2) is 10.1. The molecule has 0 saturated heterocycles. The van der Waals surface area contributed by atoms with E-state index in [2.05, 4.69) is 0 Å². The highest BCUT2D eigenvalue weighted by Crippen LogP contribution is 2.54. The van der Waals surface area contributed by atoms with Crippen molar-refractivity contribution in [3.63, 3.8) is 0 Å². The molecule has 2 aromatic rings. The van der Waals surface area contributed by atoms with E-state index >= 15 is 0 Å². The van der Waals surface area contributed by atoms with Crippen LogP contribution in [0, 0.1) is 17.7 Å². The van der Waals surface area contributed by atoms with Gasteiger partial charge in [0, 0.05) is 36.8 Å².